The van der Waals surface area contributed by atoms with Crippen molar-refractivity contribution in [2.24, 2.45) is 0 Å². The molecule has 0 amide bonds. The minimum atomic E-state index is -0.638. The zero-order valence-corrected chi connectivity index (χ0v) is 11.4. The molecule has 1 unspecified atom stereocenters. The standard InChI is InChI=1S/C12H12O3.Na/c1-2-5-9(13)11-8-6-3-4-7-10(8)15-12(11)14;/h3-7,11,13H,2H2,1H3;/b9-5-;. The number of para-hydroxylation sites is 1. The monoisotopic (exact) mass is 227 g/mol. The van der Waals surface area contributed by atoms with Gasteiger partial charge < -0.3 is 9.84 Å². The van der Waals surface area contributed by atoms with Gasteiger partial charge in [-0.15, -0.1) is 0 Å². The van der Waals surface area contributed by atoms with Gasteiger partial charge in [-0.1, -0.05) is 25.1 Å². The Hall–Kier alpha value is -0.770. The molecule has 1 aliphatic rings. The first kappa shape index (κ1) is 13.3. The van der Waals surface area contributed by atoms with Crippen molar-refractivity contribution in [3.8, 4) is 5.75 Å². The Bertz CT molecular complexity index is 426. The van der Waals surface area contributed by atoms with Crippen LogP contribution in [0.1, 0.15) is 24.8 Å². The van der Waals surface area contributed by atoms with Gasteiger partial charge in [-0.25, -0.2) is 0 Å². The number of aliphatic hydroxyl groups excluding tert-OH is 1. The quantitative estimate of drug-likeness (QED) is 0.364. The van der Waals surface area contributed by atoms with Gasteiger partial charge in [0.2, 0.25) is 0 Å². The first-order chi connectivity index (χ1) is 7.24. The summed E-state index contributed by atoms with van der Waals surface area (Å²) < 4.78 is 5.05. The second kappa shape index (κ2) is 5.53. The number of ether oxygens (including phenoxy) is 1. The molecule has 0 saturated heterocycles. The third-order valence-electron chi connectivity index (χ3n) is 2.39. The van der Waals surface area contributed by atoms with Crippen molar-refractivity contribution in [1.82, 2.24) is 0 Å². The molecule has 0 spiro atoms. The Morgan fingerprint density at radius 1 is 1.50 bits per heavy atom. The van der Waals surface area contributed by atoms with Crippen molar-refractivity contribution >= 4 is 35.5 Å². The van der Waals surface area contributed by atoms with E-state index in [0.717, 1.165) is 5.56 Å². The molecule has 1 atom stereocenters. The third-order valence-corrected chi connectivity index (χ3v) is 2.39. The maximum Gasteiger partial charge on any atom is 0.326 e. The first-order valence-electron chi connectivity index (χ1n) is 4.93. The smallest absolute Gasteiger partial charge is 0.326 e. The summed E-state index contributed by atoms with van der Waals surface area (Å²) in [6.07, 6.45) is 2.33. The maximum atomic E-state index is 11.5. The van der Waals surface area contributed by atoms with Gasteiger partial charge in [0.1, 0.15) is 17.4 Å². The zero-order chi connectivity index (χ0) is 10.8. The SMILES string of the molecule is CC/C=C(\O)C1C(=O)Oc2ccccc21.[Na]. The van der Waals surface area contributed by atoms with E-state index in [1.54, 1.807) is 24.3 Å². The van der Waals surface area contributed by atoms with Crippen LogP contribution in [0.15, 0.2) is 36.1 Å². The van der Waals surface area contributed by atoms with Gasteiger partial charge >= 0.3 is 5.97 Å². The molecule has 0 aromatic heterocycles. The Labute approximate surface area is 116 Å². The van der Waals surface area contributed by atoms with Crippen molar-refractivity contribution in [1.29, 1.82) is 0 Å². The fraction of sp³-hybridized carbons (Fsp3) is 0.250. The van der Waals surface area contributed by atoms with Gasteiger partial charge in [-0.05, 0) is 18.6 Å². The Balaban J connectivity index is 0.00000128. The van der Waals surface area contributed by atoms with Crippen LogP contribution in [0, 0.1) is 0 Å². The van der Waals surface area contributed by atoms with Crippen molar-refractivity contribution in [3.63, 3.8) is 0 Å². The van der Waals surface area contributed by atoms with E-state index in [9.17, 15) is 9.90 Å². The summed E-state index contributed by atoms with van der Waals surface area (Å²) >= 11 is 0. The van der Waals surface area contributed by atoms with Crippen LogP contribution in [0.4, 0.5) is 0 Å². The molecule has 1 aliphatic heterocycles. The molecule has 2 rings (SSSR count). The van der Waals surface area contributed by atoms with Crippen LogP contribution in [0.2, 0.25) is 0 Å². The van der Waals surface area contributed by atoms with E-state index in [1.807, 2.05) is 13.0 Å². The number of carbonyl (C=O) groups excluding carboxylic acids is 1. The number of aliphatic hydroxyl groups is 1. The molecule has 1 radical (unpaired) electrons. The van der Waals surface area contributed by atoms with Gasteiger partial charge in [-0.3, -0.25) is 4.79 Å². The summed E-state index contributed by atoms with van der Waals surface area (Å²) in [7, 11) is 0. The average molecular weight is 227 g/mol. The van der Waals surface area contributed by atoms with Crippen molar-refractivity contribution in [2.45, 2.75) is 19.3 Å². The van der Waals surface area contributed by atoms with Gasteiger partial charge in [-0.2, -0.15) is 0 Å². The molecule has 1 heterocycles. The fourth-order valence-corrected chi connectivity index (χ4v) is 1.71. The fourth-order valence-electron chi connectivity index (χ4n) is 1.71. The normalized spacial score (nSPS) is 18.7. The number of fused-ring (bicyclic) bond motifs is 1. The number of carbonyl (C=O) groups is 1. The number of esters is 1. The molecule has 1 aromatic rings. The predicted octanol–water partition coefficient (Wildman–Crippen LogP) is 2.16. The van der Waals surface area contributed by atoms with E-state index in [1.165, 1.54) is 0 Å². The molecular formula is C12H12NaO3. The Morgan fingerprint density at radius 2 is 2.19 bits per heavy atom. The van der Waals surface area contributed by atoms with Crippen molar-refractivity contribution in [3.05, 3.63) is 41.7 Å². The van der Waals surface area contributed by atoms with Gasteiger partial charge in [0, 0.05) is 35.1 Å². The maximum absolute atomic E-state index is 11.5. The zero-order valence-electron chi connectivity index (χ0n) is 9.43. The molecule has 1 N–H and O–H groups in total. The number of allylic oxidation sites excluding steroid dienone is 1. The summed E-state index contributed by atoms with van der Waals surface area (Å²) in [5, 5.41) is 9.73. The minimum absolute atomic E-state index is 0. The van der Waals surface area contributed by atoms with Gasteiger partial charge in [0.15, 0.2) is 0 Å². The van der Waals surface area contributed by atoms with Gasteiger partial charge in [0.05, 0.1) is 0 Å². The van der Waals surface area contributed by atoms with E-state index < -0.39 is 11.9 Å². The molecule has 16 heavy (non-hydrogen) atoms. The molecular weight excluding hydrogens is 215 g/mol. The van der Waals surface area contributed by atoms with Crippen LogP contribution in [-0.2, 0) is 4.79 Å². The summed E-state index contributed by atoms with van der Waals surface area (Å²) in [5.41, 5.74) is 0.740. The van der Waals surface area contributed by atoms with Crippen LogP contribution >= 0.6 is 0 Å². The van der Waals surface area contributed by atoms with Crippen LogP contribution in [-0.4, -0.2) is 40.6 Å². The summed E-state index contributed by atoms with van der Waals surface area (Å²) in [6, 6.07) is 7.15. The molecule has 0 saturated carbocycles. The molecule has 3 nitrogen and oxygen atoms in total. The summed E-state index contributed by atoms with van der Waals surface area (Å²) in [4.78, 5) is 11.5. The van der Waals surface area contributed by atoms with Crippen molar-refractivity contribution in [2.75, 3.05) is 0 Å². The van der Waals surface area contributed by atoms with Crippen LogP contribution in [0.3, 0.4) is 0 Å². The molecule has 0 aliphatic carbocycles. The topological polar surface area (TPSA) is 46.5 Å². The number of benzene rings is 1. The minimum Gasteiger partial charge on any atom is -0.511 e. The Morgan fingerprint density at radius 3 is 2.88 bits per heavy atom. The second-order valence-corrected chi connectivity index (χ2v) is 3.43. The number of hydrogen-bond donors (Lipinski definition) is 1. The summed E-state index contributed by atoms with van der Waals surface area (Å²) in [5.74, 6) is -0.421. The Kier molecular flexibility index (Phi) is 4.59. The predicted molar refractivity (Wildman–Crippen MR) is 61.6 cm³/mol. The van der Waals surface area contributed by atoms with Gasteiger partial charge in [0.25, 0.3) is 0 Å². The van der Waals surface area contributed by atoms with Crippen LogP contribution in [0.25, 0.3) is 0 Å². The second-order valence-electron chi connectivity index (χ2n) is 3.43. The van der Waals surface area contributed by atoms with Crippen LogP contribution in [0.5, 0.6) is 5.75 Å². The largest absolute Gasteiger partial charge is 0.511 e. The molecule has 79 valence electrons. The molecule has 1 aromatic carbocycles. The molecule has 4 heteroatoms. The number of rotatable bonds is 2. The van der Waals surface area contributed by atoms with E-state index in [-0.39, 0.29) is 35.3 Å². The number of hydrogen-bond acceptors (Lipinski definition) is 3. The first-order valence-corrected chi connectivity index (χ1v) is 4.93. The van der Waals surface area contributed by atoms with Crippen molar-refractivity contribution < 1.29 is 14.6 Å². The van der Waals surface area contributed by atoms with E-state index in [2.05, 4.69) is 0 Å². The summed E-state index contributed by atoms with van der Waals surface area (Å²) in [6.45, 7) is 1.91. The third kappa shape index (κ3) is 2.32. The molecule has 0 fully saturated rings. The average Bonchev–Trinajstić information content (AvgIpc) is 2.54. The van der Waals surface area contributed by atoms with Crippen LogP contribution < -0.4 is 4.74 Å². The van der Waals surface area contributed by atoms with E-state index in [4.69, 9.17) is 4.74 Å². The van der Waals surface area contributed by atoms with E-state index >= 15 is 0 Å². The molecule has 0 bridgehead atoms. The van der Waals surface area contributed by atoms with E-state index in [0.29, 0.717) is 12.2 Å².